The Balaban J connectivity index is 2.63. The van der Waals surface area contributed by atoms with Crippen molar-refractivity contribution in [3.63, 3.8) is 0 Å². The molecule has 1 N–H and O–H groups in total. The lowest BCUT2D eigenvalue weighted by molar-refractivity contribution is 0.631. The maximum atomic E-state index is 13.4. The Morgan fingerprint density at radius 3 is 2.80 bits per heavy atom. The van der Waals surface area contributed by atoms with Gasteiger partial charge in [-0.1, -0.05) is 29.5 Å². The van der Waals surface area contributed by atoms with E-state index in [2.05, 4.69) is 4.98 Å². The molecule has 1 aromatic heterocycles. The van der Waals surface area contributed by atoms with Crippen LogP contribution in [0.15, 0.2) is 29.1 Å². The standard InChI is InChI=1S/C10H7ClFNOS/c11-5-8-9(15-10(14)13-8)6-3-1-2-4-7(6)12/h1-4H,5H2,(H,13,14). The van der Waals surface area contributed by atoms with Crippen molar-refractivity contribution < 1.29 is 4.39 Å². The molecule has 0 aliphatic heterocycles. The van der Waals surface area contributed by atoms with Gasteiger partial charge in [0, 0.05) is 5.56 Å². The van der Waals surface area contributed by atoms with E-state index in [0.717, 1.165) is 11.3 Å². The van der Waals surface area contributed by atoms with Crippen LogP contribution in [0.25, 0.3) is 10.4 Å². The van der Waals surface area contributed by atoms with Gasteiger partial charge in [-0.15, -0.1) is 11.6 Å². The maximum Gasteiger partial charge on any atom is 0.305 e. The predicted molar refractivity (Wildman–Crippen MR) is 59.9 cm³/mol. The minimum atomic E-state index is -0.348. The zero-order chi connectivity index (χ0) is 10.8. The molecule has 0 unspecified atom stereocenters. The highest BCUT2D eigenvalue weighted by molar-refractivity contribution is 7.13. The average Bonchev–Trinajstić information content (AvgIpc) is 2.60. The Morgan fingerprint density at radius 1 is 1.40 bits per heavy atom. The molecule has 0 saturated heterocycles. The van der Waals surface area contributed by atoms with Crippen molar-refractivity contribution in [2.45, 2.75) is 5.88 Å². The molecule has 0 spiro atoms. The van der Waals surface area contributed by atoms with Gasteiger partial charge < -0.3 is 4.98 Å². The molecule has 0 radical (unpaired) electrons. The summed E-state index contributed by atoms with van der Waals surface area (Å²) in [7, 11) is 0. The van der Waals surface area contributed by atoms with Crippen LogP contribution < -0.4 is 4.87 Å². The summed E-state index contributed by atoms with van der Waals surface area (Å²) in [5, 5.41) is 0. The Morgan fingerprint density at radius 2 is 2.13 bits per heavy atom. The Kier molecular flexibility index (Phi) is 2.88. The zero-order valence-corrected chi connectivity index (χ0v) is 9.16. The van der Waals surface area contributed by atoms with Crippen LogP contribution in [0.4, 0.5) is 4.39 Å². The van der Waals surface area contributed by atoms with Crippen LogP contribution in [-0.4, -0.2) is 4.98 Å². The molecule has 5 heteroatoms. The highest BCUT2D eigenvalue weighted by Gasteiger charge is 2.12. The van der Waals surface area contributed by atoms with Gasteiger partial charge in [0.1, 0.15) is 5.82 Å². The summed E-state index contributed by atoms with van der Waals surface area (Å²) in [6.45, 7) is 0. The van der Waals surface area contributed by atoms with Crippen molar-refractivity contribution >= 4 is 22.9 Å². The third kappa shape index (κ3) is 1.96. The van der Waals surface area contributed by atoms with E-state index >= 15 is 0 Å². The summed E-state index contributed by atoms with van der Waals surface area (Å²) < 4.78 is 13.4. The number of alkyl halides is 1. The number of thiazole rings is 1. The Hall–Kier alpha value is -1.13. The highest BCUT2D eigenvalue weighted by Crippen LogP contribution is 2.28. The van der Waals surface area contributed by atoms with Crippen molar-refractivity contribution in [3.8, 4) is 10.4 Å². The van der Waals surface area contributed by atoms with Crippen molar-refractivity contribution in [2.75, 3.05) is 0 Å². The molecular weight excluding hydrogens is 237 g/mol. The number of rotatable bonds is 2. The fourth-order valence-corrected chi connectivity index (χ4v) is 2.48. The second-order valence-electron chi connectivity index (χ2n) is 2.94. The molecular formula is C10H7ClFNOS. The molecule has 78 valence electrons. The highest BCUT2D eigenvalue weighted by atomic mass is 35.5. The molecule has 2 aromatic rings. The number of hydrogen-bond acceptors (Lipinski definition) is 2. The zero-order valence-electron chi connectivity index (χ0n) is 7.59. The summed E-state index contributed by atoms with van der Waals surface area (Å²) in [6.07, 6.45) is 0. The molecule has 0 atom stereocenters. The average molecular weight is 244 g/mol. The normalized spacial score (nSPS) is 10.5. The van der Waals surface area contributed by atoms with Gasteiger partial charge in [-0.2, -0.15) is 0 Å². The third-order valence-corrected chi connectivity index (χ3v) is 3.20. The quantitative estimate of drug-likeness (QED) is 0.809. The molecule has 1 heterocycles. The van der Waals surface area contributed by atoms with Gasteiger partial charge >= 0.3 is 4.87 Å². The number of H-pyrrole nitrogens is 1. The minimum absolute atomic E-state index is 0.169. The number of hydrogen-bond donors (Lipinski definition) is 1. The predicted octanol–water partition coefficient (Wildman–Crippen LogP) is 2.98. The van der Waals surface area contributed by atoms with Gasteiger partial charge in [-0.25, -0.2) is 4.39 Å². The lowest BCUT2D eigenvalue weighted by Crippen LogP contribution is -1.93. The Bertz CT molecular complexity index is 534. The number of benzene rings is 1. The first-order valence-corrected chi connectivity index (χ1v) is 5.60. The summed E-state index contributed by atoms with van der Waals surface area (Å²) in [6, 6.07) is 6.32. The molecule has 0 saturated carbocycles. The first-order chi connectivity index (χ1) is 7.22. The molecule has 0 amide bonds. The Labute approximate surface area is 94.3 Å². The van der Waals surface area contributed by atoms with Gasteiger partial charge in [0.15, 0.2) is 0 Å². The second kappa shape index (κ2) is 4.16. The number of halogens is 2. The molecule has 2 nitrogen and oxygen atoms in total. The number of aromatic amines is 1. The van der Waals surface area contributed by atoms with Crippen molar-refractivity contribution in [2.24, 2.45) is 0 Å². The molecule has 1 aromatic carbocycles. The lowest BCUT2D eigenvalue weighted by Gasteiger charge is -2.00. The molecule has 0 fully saturated rings. The SMILES string of the molecule is O=c1[nH]c(CCl)c(-c2ccccc2F)s1. The van der Waals surface area contributed by atoms with E-state index in [0.29, 0.717) is 16.1 Å². The van der Waals surface area contributed by atoms with E-state index in [1.807, 2.05) is 0 Å². The lowest BCUT2D eigenvalue weighted by atomic mass is 10.1. The second-order valence-corrected chi connectivity index (χ2v) is 4.19. The summed E-state index contributed by atoms with van der Waals surface area (Å²) in [5.41, 5.74) is 0.980. The number of aromatic nitrogens is 1. The maximum absolute atomic E-state index is 13.4. The van der Waals surface area contributed by atoms with Gasteiger partial charge in [-0.05, 0) is 6.07 Å². The summed E-state index contributed by atoms with van der Waals surface area (Å²) in [5.74, 6) is -0.179. The fourth-order valence-electron chi connectivity index (χ4n) is 1.32. The molecule has 0 aliphatic rings. The summed E-state index contributed by atoms with van der Waals surface area (Å²) >= 11 is 6.63. The van der Waals surface area contributed by atoms with Gasteiger partial charge in [-0.3, -0.25) is 4.79 Å². The van der Waals surface area contributed by atoms with E-state index in [9.17, 15) is 9.18 Å². The van der Waals surface area contributed by atoms with Crippen LogP contribution >= 0.6 is 22.9 Å². The molecule has 2 rings (SSSR count). The van der Waals surface area contributed by atoms with E-state index in [1.54, 1.807) is 18.2 Å². The smallest absolute Gasteiger partial charge is 0.305 e. The van der Waals surface area contributed by atoms with E-state index in [4.69, 9.17) is 11.6 Å². The largest absolute Gasteiger partial charge is 0.315 e. The van der Waals surface area contributed by atoms with Crippen molar-refractivity contribution in [1.82, 2.24) is 4.98 Å². The fraction of sp³-hybridized carbons (Fsp3) is 0.100. The van der Waals surface area contributed by atoms with E-state index in [1.165, 1.54) is 6.07 Å². The summed E-state index contributed by atoms with van der Waals surface area (Å²) in [4.78, 5) is 14.1. The van der Waals surface area contributed by atoms with Crippen LogP contribution in [-0.2, 0) is 5.88 Å². The number of nitrogens with one attached hydrogen (secondary N) is 1. The molecule has 0 bridgehead atoms. The molecule has 0 aliphatic carbocycles. The third-order valence-electron chi connectivity index (χ3n) is 1.97. The first-order valence-electron chi connectivity index (χ1n) is 4.25. The first kappa shape index (κ1) is 10.4. The van der Waals surface area contributed by atoms with Gasteiger partial charge in [0.05, 0.1) is 16.5 Å². The van der Waals surface area contributed by atoms with E-state index < -0.39 is 0 Å². The monoisotopic (exact) mass is 243 g/mol. The van der Waals surface area contributed by atoms with Crippen molar-refractivity contribution in [3.05, 3.63) is 45.4 Å². The van der Waals surface area contributed by atoms with Crippen LogP contribution in [0, 0.1) is 5.82 Å². The van der Waals surface area contributed by atoms with Crippen LogP contribution in [0.5, 0.6) is 0 Å². The molecule has 15 heavy (non-hydrogen) atoms. The van der Waals surface area contributed by atoms with Crippen LogP contribution in [0.2, 0.25) is 0 Å². The van der Waals surface area contributed by atoms with E-state index in [-0.39, 0.29) is 16.6 Å². The minimum Gasteiger partial charge on any atom is -0.315 e. The van der Waals surface area contributed by atoms with Gasteiger partial charge in [0.25, 0.3) is 0 Å². The van der Waals surface area contributed by atoms with Crippen LogP contribution in [0.3, 0.4) is 0 Å². The van der Waals surface area contributed by atoms with Crippen LogP contribution in [0.1, 0.15) is 5.69 Å². The van der Waals surface area contributed by atoms with Gasteiger partial charge in [0.2, 0.25) is 0 Å². The topological polar surface area (TPSA) is 32.9 Å². The van der Waals surface area contributed by atoms with Crippen molar-refractivity contribution in [1.29, 1.82) is 0 Å².